The lowest BCUT2D eigenvalue weighted by Crippen LogP contribution is -2.39. The van der Waals surface area contributed by atoms with Gasteiger partial charge in [0.05, 0.1) is 19.3 Å². The van der Waals surface area contributed by atoms with Gasteiger partial charge in [-0.15, -0.1) is 0 Å². The lowest BCUT2D eigenvalue weighted by Gasteiger charge is -2.18. The van der Waals surface area contributed by atoms with Gasteiger partial charge in [0.2, 0.25) is 0 Å². The lowest BCUT2D eigenvalue weighted by molar-refractivity contribution is 0.242. The van der Waals surface area contributed by atoms with Crippen molar-refractivity contribution in [3.8, 4) is 5.75 Å². The Hall–Kier alpha value is -2.53. The number of hydrogen-bond acceptors (Lipinski definition) is 3. The summed E-state index contributed by atoms with van der Waals surface area (Å²) in [7, 11) is 0. The molecule has 0 fully saturated rings. The predicted molar refractivity (Wildman–Crippen MR) is 111 cm³/mol. The molecule has 0 spiro atoms. The SMILES string of the molecule is CCNC(=NCc1ccc(OC(C)C)cc1)NCC(CO)c1ccccc1. The van der Waals surface area contributed by atoms with Gasteiger partial charge >= 0.3 is 0 Å². The zero-order valence-electron chi connectivity index (χ0n) is 16.5. The van der Waals surface area contributed by atoms with E-state index in [2.05, 4.69) is 15.6 Å². The van der Waals surface area contributed by atoms with Gasteiger partial charge in [0.15, 0.2) is 5.96 Å². The Morgan fingerprint density at radius 1 is 1.04 bits per heavy atom. The van der Waals surface area contributed by atoms with Gasteiger partial charge < -0.3 is 20.5 Å². The third kappa shape index (κ3) is 7.31. The van der Waals surface area contributed by atoms with E-state index in [1.165, 1.54) is 0 Å². The van der Waals surface area contributed by atoms with Gasteiger partial charge in [0.25, 0.3) is 0 Å². The molecule has 0 aliphatic carbocycles. The minimum absolute atomic E-state index is 0.0301. The Morgan fingerprint density at radius 2 is 1.74 bits per heavy atom. The summed E-state index contributed by atoms with van der Waals surface area (Å²) in [5.41, 5.74) is 2.23. The summed E-state index contributed by atoms with van der Waals surface area (Å²) in [6, 6.07) is 18.0. The second kappa shape index (κ2) is 11.2. The monoisotopic (exact) mass is 369 g/mol. The molecule has 2 rings (SSSR count). The molecule has 0 saturated carbocycles. The van der Waals surface area contributed by atoms with Crippen LogP contribution in [0, 0.1) is 0 Å². The van der Waals surface area contributed by atoms with Crippen LogP contribution in [-0.2, 0) is 6.54 Å². The average Bonchev–Trinajstić information content (AvgIpc) is 2.68. The zero-order chi connectivity index (χ0) is 19.5. The third-order valence-corrected chi connectivity index (χ3v) is 4.07. The molecular formula is C22H31N3O2. The fourth-order valence-electron chi connectivity index (χ4n) is 2.69. The number of benzene rings is 2. The molecule has 0 saturated heterocycles. The van der Waals surface area contributed by atoms with E-state index in [9.17, 15) is 5.11 Å². The summed E-state index contributed by atoms with van der Waals surface area (Å²) in [5.74, 6) is 1.65. The summed E-state index contributed by atoms with van der Waals surface area (Å²) in [5, 5.41) is 16.3. The van der Waals surface area contributed by atoms with Crippen molar-refractivity contribution < 1.29 is 9.84 Å². The predicted octanol–water partition coefficient (Wildman–Crippen LogP) is 3.31. The molecule has 146 valence electrons. The van der Waals surface area contributed by atoms with Gasteiger partial charge in [0.1, 0.15) is 5.75 Å². The van der Waals surface area contributed by atoms with Gasteiger partial charge in [-0.3, -0.25) is 0 Å². The van der Waals surface area contributed by atoms with E-state index >= 15 is 0 Å². The van der Waals surface area contributed by atoms with Crippen LogP contribution in [0.25, 0.3) is 0 Å². The minimum atomic E-state index is 0.0301. The Bertz CT molecular complexity index is 684. The van der Waals surface area contributed by atoms with Crippen LogP contribution in [0.3, 0.4) is 0 Å². The van der Waals surface area contributed by atoms with Crippen molar-refractivity contribution in [2.45, 2.75) is 39.3 Å². The summed E-state index contributed by atoms with van der Waals surface area (Å²) in [6.07, 6.45) is 0.169. The molecule has 3 N–H and O–H groups in total. The molecule has 0 amide bonds. The van der Waals surface area contributed by atoms with E-state index in [0.717, 1.165) is 29.4 Å². The van der Waals surface area contributed by atoms with Gasteiger partial charge in [-0.1, -0.05) is 42.5 Å². The molecule has 2 aromatic carbocycles. The van der Waals surface area contributed by atoms with E-state index in [1.54, 1.807) is 0 Å². The van der Waals surface area contributed by atoms with Gasteiger partial charge in [-0.2, -0.15) is 0 Å². The van der Waals surface area contributed by atoms with Crippen LogP contribution in [0.1, 0.15) is 37.8 Å². The van der Waals surface area contributed by atoms with Crippen LogP contribution in [0.5, 0.6) is 5.75 Å². The maximum absolute atomic E-state index is 9.71. The highest BCUT2D eigenvalue weighted by Crippen LogP contribution is 2.15. The molecule has 5 heteroatoms. The molecule has 1 atom stereocenters. The topological polar surface area (TPSA) is 65.9 Å². The molecule has 0 aliphatic rings. The molecule has 0 bridgehead atoms. The fourth-order valence-corrected chi connectivity index (χ4v) is 2.69. The number of aliphatic hydroxyl groups excluding tert-OH is 1. The van der Waals surface area contributed by atoms with Crippen molar-refractivity contribution in [1.29, 1.82) is 0 Å². The van der Waals surface area contributed by atoms with Crippen molar-refractivity contribution in [3.63, 3.8) is 0 Å². The zero-order valence-corrected chi connectivity index (χ0v) is 16.5. The first-order valence-corrected chi connectivity index (χ1v) is 9.56. The Kier molecular flexibility index (Phi) is 8.65. The van der Waals surface area contributed by atoms with E-state index in [4.69, 9.17) is 4.74 Å². The van der Waals surface area contributed by atoms with Crippen molar-refractivity contribution in [2.75, 3.05) is 19.7 Å². The summed E-state index contributed by atoms with van der Waals surface area (Å²) in [6.45, 7) is 8.13. The van der Waals surface area contributed by atoms with Crippen LogP contribution in [-0.4, -0.2) is 36.9 Å². The first-order chi connectivity index (χ1) is 13.1. The number of guanidine groups is 1. The summed E-state index contributed by atoms with van der Waals surface area (Å²) in [4.78, 5) is 4.65. The molecule has 0 radical (unpaired) electrons. The van der Waals surface area contributed by atoms with Gasteiger partial charge in [0, 0.05) is 19.0 Å². The first-order valence-electron chi connectivity index (χ1n) is 9.56. The highest BCUT2D eigenvalue weighted by molar-refractivity contribution is 5.79. The number of aliphatic hydroxyl groups is 1. The maximum atomic E-state index is 9.71. The highest BCUT2D eigenvalue weighted by Gasteiger charge is 2.10. The summed E-state index contributed by atoms with van der Waals surface area (Å²) < 4.78 is 5.67. The number of aliphatic imine (C=N–C) groups is 1. The van der Waals surface area contributed by atoms with Crippen molar-refractivity contribution in [2.24, 2.45) is 4.99 Å². The highest BCUT2D eigenvalue weighted by atomic mass is 16.5. The van der Waals surface area contributed by atoms with E-state index in [0.29, 0.717) is 13.1 Å². The Morgan fingerprint density at radius 3 is 2.33 bits per heavy atom. The van der Waals surface area contributed by atoms with Crippen molar-refractivity contribution >= 4 is 5.96 Å². The molecule has 0 aliphatic heterocycles. The number of nitrogens with one attached hydrogen (secondary N) is 2. The Labute approximate surface area is 162 Å². The molecule has 27 heavy (non-hydrogen) atoms. The molecule has 0 aromatic heterocycles. The van der Waals surface area contributed by atoms with E-state index in [-0.39, 0.29) is 18.6 Å². The van der Waals surface area contributed by atoms with Crippen LogP contribution >= 0.6 is 0 Å². The molecule has 2 aromatic rings. The summed E-state index contributed by atoms with van der Waals surface area (Å²) >= 11 is 0. The molecule has 0 heterocycles. The second-order valence-corrected chi connectivity index (χ2v) is 6.68. The second-order valence-electron chi connectivity index (χ2n) is 6.68. The van der Waals surface area contributed by atoms with Crippen molar-refractivity contribution in [3.05, 3.63) is 65.7 Å². The van der Waals surface area contributed by atoms with Gasteiger partial charge in [-0.25, -0.2) is 4.99 Å². The quantitative estimate of drug-likeness (QED) is 0.469. The van der Waals surface area contributed by atoms with Crippen LogP contribution in [0.2, 0.25) is 0 Å². The first kappa shape index (κ1) is 20.8. The fraction of sp³-hybridized carbons (Fsp3) is 0.409. The van der Waals surface area contributed by atoms with E-state index in [1.807, 2.05) is 75.4 Å². The van der Waals surface area contributed by atoms with Gasteiger partial charge in [-0.05, 0) is 44.0 Å². The number of rotatable bonds is 9. The van der Waals surface area contributed by atoms with E-state index < -0.39 is 0 Å². The standard InChI is InChI=1S/C22H31N3O2/c1-4-23-22(25-15-20(16-26)19-8-6-5-7-9-19)24-14-18-10-12-21(13-11-18)27-17(2)3/h5-13,17,20,26H,4,14-16H2,1-3H3,(H2,23,24,25). The third-order valence-electron chi connectivity index (χ3n) is 4.07. The van der Waals surface area contributed by atoms with Crippen LogP contribution in [0.4, 0.5) is 0 Å². The molecule has 1 unspecified atom stereocenters. The van der Waals surface area contributed by atoms with Crippen LogP contribution < -0.4 is 15.4 Å². The average molecular weight is 370 g/mol. The smallest absolute Gasteiger partial charge is 0.191 e. The van der Waals surface area contributed by atoms with Crippen molar-refractivity contribution in [1.82, 2.24) is 10.6 Å². The minimum Gasteiger partial charge on any atom is -0.491 e. The molecule has 5 nitrogen and oxygen atoms in total. The lowest BCUT2D eigenvalue weighted by atomic mass is 10.0. The molecular weight excluding hydrogens is 338 g/mol. The van der Waals surface area contributed by atoms with Crippen LogP contribution in [0.15, 0.2) is 59.6 Å². The number of ether oxygens (including phenoxy) is 1. The number of nitrogens with zero attached hydrogens (tertiary/aromatic N) is 1. The largest absolute Gasteiger partial charge is 0.491 e. The normalized spacial score (nSPS) is 12.7. The maximum Gasteiger partial charge on any atom is 0.191 e. The Balaban J connectivity index is 1.95. The number of hydrogen-bond donors (Lipinski definition) is 3.